The zero-order chi connectivity index (χ0) is 25.5. The Morgan fingerprint density at radius 2 is 1.41 bits per heavy atom. The van der Waals surface area contributed by atoms with Crippen molar-refractivity contribution in [1.82, 2.24) is 10.2 Å². The zero-order valence-electron chi connectivity index (χ0n) is 20.4. The van der Waals surface area contributed by atoms with Crippen LogP contribution in [-0.2, 0) is 26.2 Å². The molecule has 0 saturated heterocycles. The number of nitrogens with zero attached hydrogens (tertiary/aromatic N) is 2. The first kappa shape index (κ1) is 27.0. The van der Waals surface area contributed by atoms with Gasteiger partial charge >= 0.3 is 0 Å². The summed E-state index contributed by atoms with van der Waals surface area (Å²) in [7, 11) is -0.720. The molecule has 0 heterocycles. The van der Waals surface area contributed by atoms with Crippen LogP contribution in [0.15, 0.2) is 48.5 Å². The van der Waals surface area contributed by atoms with Crippen LogP contribution in [0.4, 0.5) is 5.69 Å². The molecule has 2 amide bonds. The summed E-state index contributed by atoms with van der Waals surface area (Å²) < 4.78 is 36.4. The predicted molar refractivity (Wildman–Crippen MR) is 131 cm³/mol. The van der Waals surface area contributed by atoms with E-state index < -0.39 is 28.5 Å². The maximum absolute atomic E-state index is 13.4. The second-order valence-corrected chi connectivity index (χ2v) is 10.1. The topological polar surface area (TPSA) is 105 Å². The first-order chi connectivity index (χ1) is 16.0. The molecule has 0 unspecified atom stereocenters. The number of rotatable bonds is 11. The first-order valence-corrected chi connectivity index (χ1v) is 12.7. The van der Waals surface area contributed by atoms with Crippen LogP contribution in [0.1, 0.15) is 26.3 Å². The molecule has 0 fully saturated rings. The van der Waals surface area contributed by atoms with E-state index in [2.05, 4.69) is 5.32 Å². The Labute approximate surface area is 201 Å². The molecule has 0 aliphatic heterocycles. The molecule has 0 aliphatic rings. The minimum absolute atomic E-state index is 0.111. The summed E-state index contributed by atoms with van der Waals surface area (Å²) in [6, 6.07) is 12.5. The standard InChI is InChI=1S/C24H33N3O6S/c1-17(2)25-24(29)18(3)26(15-19-7-11-21(32-4)12-8-19)23(28)16-27(34(6,30)31)20-9-13-22(33-5)14-10-20/h7-14,17-18H,15-16H2,1-6H3,(H,25,29)/t18-/m1/s1. The fourth-order valence-corrected chi connectivity index (χ4v) is 4.13. The molecule has 186 valence electrons. The molecule has 34 heavy (non-hydrogen) atoms. The molecule has 0 aliphatic carbocycles. The summed E-state index contributed by atoms with van der Waals surface area (Å²) in [4.78, 5) is 27.6. The summed E-state index contributed by atoms with van der Waals surface area (Å²) >= 11 is 0. The highest BCUT2D eigenvalue weighted by atomic mass is 32.2. The fraction of sp³-hybridized carbons (Fsp3) is 0.417. The van der Waals surface area contributed by atoms with E-state index in [-0.39, 0.29) is 18.5 Å². The van der Waals surface area contributed by atoms with E-state index in [1.165, 1.54) is 12.0 Å². The van der Waals surface area contributed by atoms with Crippen molar-refractivity contribution in [3.05, 3.63) is 54.1 Å². The van der Waals surface area contributed by atoms with E-state index in [0.717, 1.165) is 16.1 Å². The number of amides is 2. The van der Waals surface area contributed by atoms with Crippen LogP contribution in [0.3, 0.4) is 0 Å². The van der Waals surface area contributed by atoms with Crippen LogP contribution in [0.25, 0.3) is 0 Å². The normalized spacial score (nSPS) is 12.1. The number of benzene rings is 2. The van der Waals surface area contributed by atoms with Gasteiger partial charge in [0.05, 0.1) is 26.2 Å². The lowest BCUT2D eigenvalue weighted by atomic mass is 10.1. The maximum Gasteiger partial charge on any atom is 0.244 e. The van der Waals surface area contributed by atoms with Crippen molar-refractivity contribution in [3.63, 3.8) is 0 Å². The Morgan fingerprint density at radius 1 is 0.912 bits per heavy atom. The number of sulfonamides is 1. The van der Waals surface area contributed by atoms with Gasteiger partial charge in [-0.05, 0) is 62.7 Å². The number of nitrogens with one attached hydrogen (secondary N) is 1. The molecule has 9 nitrogen and oxygen atoms in total. The largest absolute Gasteiger partial charge is 0.497 e. The first-order valence-electron chi connectivity index (χ1n) is 10.8. The van der Waals surface area contributed by atoms with Crippen molar-refractivity contribution in [1.29, 1.82) is 0 Å². The number of hydrogen-bond donors (Lipinski definition) is 1. The van der Waals surface area contributed by atoms with Gasteiger partial charge in [-0.1, -0.05) is 12.1 Å². The summed E-state index contributed by atoms with van der Waals surface area (Å²) in [5.41, 5.74) is 1.09. The quantitative estimate of drug-likeness (QED) is 0.518. The smallest absolute Gasteiger partial charge is 0.244 e. The lowest BCUT2D eigenvalue weighted by Crippen LogP contribution is -2.52. The van der Waals surface area contributed by atoms with Crippen LogP contribution >= 0.6 is 0 Å². The van der Waals surface area contributed by atoms with E-state index in [1.807, 2.05) is 13.8 Å². The third-order valence-corrected chi connectivity index (χ3v) is 6.29. The highest BCUT2D eigenvalue weighted by Crippen LogP contribution is 2.22. The Balaban J connectivity index is 2.37. The molecule has 2 aromatic rings. The molecular formula is C24H33N3O6S. The van der Waals surface area contributed by atoms with Crippen LogP contribution in [0.5, 0.6) is 11.5 Å². The van der Waals surface area contributed by atoms with Gasteiger partial charge in [0.1, 0.15) is 24.1 Å². The second-order valence-electron chi connectivity index (χ2n) is 8.18. The molecule has 2 aromatic carbocycles. The van der Waals surface area contributed by atoms with E-state index in [9.17, 15) is 18.0 Å². The highest BCUT2D eigenvalue weighted by Gasteiger charge is 2.30. The van der Waals surface area contributed by atoms with Gasteiger partial charge in [0.2, 0.25) is 21.8 Å². The summed E-state index contributed by atoms with van der Waals surface area (Å²) in [6.07, 6.45) is 1.03. The molecule has 2 rings (SSSR count). The molecule has 0 saturated carbocycles. The molecule has 0 aromatic heterocycles. The number of ether oxygens (including phenoxy) is 2. The fourth-order valence-electron chi connectivity index (χ4n) is 3.28. The van der Waals surface area contributed by atoms with Crippen molar-refractivity contribution in [2.45, 2.75) is 39.4 Å². The van der Waals surface area contributed by atoms with E-state index >= 15 is 0 Å². The number of carbonyl (C=O) groups is 2. The van der Waals surface area contributed by atoms with Gasteiger partial charge in [-0.25, -0.2) is 8.42 Å². The van der Waals surface area contributed by atoms with Crippen LogP contribution in [0, 0.1) is 0 Å². The number of anilines is 1. The van der Waals surface area contributed by atoms with Crippen molar-refractivity contribution >= 4 is 27.5 Å². The van der Waals surface area contributed by atoms with Crippen molar-refractivity contribution in [3.8, 4) is 11.5 Å². The van der Waals surface area contributed by atoms with Crippen molar-refractivity contribution in [2.75, 3.05) is 31.3 Å². The van der Waals surface area contributed by atoms with Gasteiger partial charge in [-0.2, -0.15) is 0 Å². The van der Waals surface area contributed by atoms with Gasteiger partial charge in [-0.3, -0.25) is 13.9 Å². The summed E-state index contributed by atoms with van der Waals surface area (Å²) in [5, 5.41) is 2.81. The SMILES string of the molecule is COc1ccc(CN(C(=O)CN(c2ccc(OC)cc2)S(C)(=O)=O)[C@H](C)C(=O)NC(C)C)cc1. The predicted octanol–water partition coefficient (Wildman–Crippen LogP) is 2.41. The molecule has 0 bridgehead atoms. The van der Waals surface area contributed by atoms with Crippen LogP contribution in [0.2, 0.25) is 0 Å². The average molecular weight is 492 g/mol. The van der Waals surface area contributed by atoms with E-state index in [4.69, 9.17) is 9.47 Å². The maximum atomic E-state index is 13.4. The number of methoxy groups -OCH3 is 2. The Bertz CT molecular complexity index is 1070. The molecule has 10 heteroatoms. The summed E-state index contributed by atoms with van der Waals surface area (Å²) in [5.74, 6) is 0.384. The van der Waals surface area contributed by atoms with Crippen molar-refractivity contribution < 1.29 is 27.5 Å². The lowest BCUT2D eigenvalue weighted by Gasteiger charge is -2.32. The van der Waals surface area contributed by atoms with E-state index in [0.29, 0.717) is 17.2 Å². The lowest BCUT2D eigenvalue weighted by molar-refractivity contribution is -0.139. The van der Waals surface area contributed by atoms with Gasteiger partial charge in [0, 0.05) is 12.6 Å². The number of carbonyl (C=O) groups excluding carboxylic acids is 2. The van der Waals surface area contributed by atoms with Crippen molar-refractivity contribution in [2.24, 2.45) is 0 Å². The third-order valence-electron chi connectivity index (χ3n) is 5.15. The van der Waals surface area contributed by atoms with Gasteiger partial charge in [0.15, 0.2) is 0 Å². The molecular weight excluding hydrogens is 458 g/mol. The molecule has 1 atom stereocenters. The van der Waals surface area contributed by atoms with Crippen LogP contribution < -0.4 is 19.1 Å². The highest BCUT2D eigenvalue weighted by molar-refractivity contribution is 7.92. The zero-order valence-corrected chi connectivity index (χ0v) is 21.3. The Morgan fingerprint density at radius 3 is 1.85 bits per heavy atom. The third kappa shape index (κ3) is 7.38. The van der Waals surface area contributed by atoms with Crippen LogP contribution in [-0.4, -0.2) is 64.2 Å². The monoisotopic (exact) mass is 491 g/mol. The number of hydrogen-bond acceptors (Lipinski definition) is 6. The average Bonchev–Trinajstić information content (AvgIpc) is 2.79. The minimum Gasteiger partial charge on any atom is -0.497 e. The molecule has 0 radical (unpaired) electrons. The van der Waals surface area contributed by atoms with E-state index in [1.54, 1.807) is 62.6 Å². The summed E-state index contributed by atoms with van der Waals surface area (Å²) in [6.45, 7) is 4.94. The van der Waals surface area contributed by atoms with Gasteiger partial charge in [-0.15, -0.1) is 0 Å². The van der Waals surface area contributed by atoms with Gasteiger partial charge < -0.3 is 19.7 Å². The Kier molecular flexibility index (Phi) is 9.31. The second kappa shape index (κ2) is 11.7. The molecule has 0 spiro atoms. The molecule has 1 N–H and O–H groups in total. The van der Waals surface area contributed by atoms with Gasteiger partial charge in [0.25, 0.3) is 0 Å². The Hall–Kier alpha value is -3.27. The minimum atomic E-state index is -3.78.